The highest BCUT2D eigenvalue weighted by Crippen LogP contribution is 1.98. The number of ether oxygens (including phenoxy) is 3. The Labute approximate surface area is 109 Å². The Balaban J connectivity index is -0.000000177. The maximum absolute atomic E-state index is 5.05. The Bertz CT molecular complexity index is 78.0. The molecule has 0 aliphatic rings. The van der Waals surface area contributed by atoms with E-state index in [1.807, 2.05) is 0 Å². The summed E-state index contributed by atoms with van der Waals surface area (Å²) in [6, 6.07) is 0. The van der Waals surface area contributed by atoms with Crippen LogP contribution in [0, 0.1) is 0 Å². The predicted octanol–water partition coefficient (Wildman–Crippen LogP) is 3.91. The van der Waals surface area contributed by atoms with Gasteiger partial charge in [0.15, 0.2) is 0 Å². The molecule has 0 aromatic heterocycles. The third kappa shape index (κ3) is 31.3. The van der Waals surface area contributed by atoms with E-state index >= 15 is 0 Å². The summed E-state index contributed by atoms with van der Waals surface area (Å²) in [7, 11) is 5.19. The van der Waals surface area contributed by atoms with E-state index in [2.05, 4.69) is 27.7 Å². The average Bonchev–Trinajstić information content (AvgIpc) is 2.35. The molecule has 0 saturated carbocycles. The van der Waals surface area contributed by atoms with Crippen molar-refractivity contribution in [1.29, 1.82) is 0 Å². The van der Waals surface area contributed by atoms with E-state index in [-0.39, 0.29) is 0 Å². The van der Waals surface area contributed by atoms with Gasteiger partial charge >= 0.3 is 0 Å². The fraction of sp³-hybridized carbons (Fsp3) is 1.00. The van der Waals surface area contributed by atoms with Crippen molar-refractivity contribution in [3.05, 3.63) is 0 Å². The summed E-state index contributed by atoms with van der Waals surface area (Å²) in [5.41, 5.74) is 0. The van der Waals surface area contributed by atoms with E-state index in [0.29, 0.717) is 6.10 Å². The minimum Gasteiger partial charge on any atom is -0.385 e. The van der Waals surface area contributed by atoms with Crippen LogP contribution in [0.15, 0.2) is 0 Å². The van der Waals surface area contributed by atoms with Crippen molar-refractivity contribution in [3.63, 3.8) is 0 Å². The lowest BCUT2D eigenvalue weighted by Crippen LogP contribution is -2.05. The maximum Gasteiger partial charge on any atom is 0.0566 e. The van der Waals surface area contributed by atoms with Crippen molar-refractivity contribution in [2.45, 2.75) is 59.5 Å². The highest BCUT2D eigenvalue weighted by molar-refractivity contribution is 4.47. The largest absolute Gasteiger partial charge is 0.385 e. The summed E-state index contributed by atoms with van der Waals surface area (Å²) in [5.74, 6) is 0. The van der Waals surface area contributed by atoms with Crippen molar-refractivity contribution in [3.8, 4) is 0 Å². The van der Waals surface area contributed by atoms with Gasteiger partial charge in [0, 0.05) is 34.5 Å². The molecule has 0 spiro atoms. The first-order valence-corrected chi connectivity index (χ1v) is 6.68. The zero-order valence-corrected chi connectivity index (χ0v) is 13.0. The van der Waals surface area contributed by atoms with Crippen molar-refractivity contribution in [1.82, 2.24) is 0 Å². The molecule has 0 rings (SSSR count). The summed E-state index contributed by atoms with van der Waals surface area (Å²) in [6.45, 7) is 10.2. The Kier molecular flexibility index (Phi) is 32.4. The zero-order valence-electron chi connectivity index (χ0n) is 13.0. The lowest BCUT2D eigenvalue weighted by Gasteiger charge is -2.07. The van der Waals surface area contributed by atoms with Crippen LogP contribution in [0.1, 0.15) is 53.4 Å². The molecular formula is C14H34O3. The Morgan fingerprint density at radius 1 is 0.706 bits per heavy atom. The van der Waals surface area contributed by atoms with Gasteiger partial charge in [0.2, 0.25) is 0 Å². The lowest BCUT2D eigenvalue weighted by atomic mass is 10.2. The molecular weight excluding hydrogens is 216 g/mol. The molecule has 0 heterocycles. The molecule has 3 heteroatoms. The van der Waals surface area contributed by atoms with Crippen LogP contribution in [0.25, 0.3) is 0 Å². The highest BCUT2D eigenvalue weighted by Gasteiger charge is 1.96. The third-order valence-electron chi connectivity index (χ3n) is 2.06. The second-order valence-corrected chi connectivity index (χ2v) is 3.66. The molecule has 0 atom stereocenters. The van der Waals surface area contributed by atoms with E-state index in [1.165, 1.54) is 0 Å². The molecule has 0 aliphatic carbocycles. The molecule has 0 radical (unpaired) electrons. The van der Waals surface area contributed by atoms with Gasteiger partial charge in [-0.15, -0.1) is 0 Å². The summed E-state index contributed by atoms with van der Waals surface area (Å²) >= 11 is 0. The van der Waals surface area contributed by atoms with Gasteiger partial charge in [-0.3, -0.25) is 0 Å². The van der Waals surface area contributed by atoms with Crippen LogP contribution in [-0.4, -0.2) is 40.6 Å². The molecule has 0 unspecified atom stereocenters. The number of methoxy groups -OCH3 is 3. The molecule has 0 aliphatic heterocycles. The van der Waals surface area contributed by atoms with Gasteiger partial charge in [0.1, 0.15) is 0 Å². The molecule has 0 fully saturated rings. The van der Waals surface area contributed by atoms with Crippen LogP contribution in [-0.2, 0) is 14.2 Å². The number of hydrogen-bond donors (Lipinski definition) is 0. The van der Waals surface area contributed by atoms with Crippen molar-refractivity contribution in [2.75, 3.05) is 34.5 Å². The fourth-order valence-electron chi connectivity index (χ4n) is 1.03. The highest BCUT2D eigenvalue weighted by atomic mass is 16.5. The standard InChI is InChI=1S/C6H14O.2C4H10O/c1-4-6(5-2)7-3;2*1-3-4-5-2/h6H,4-5H2,1-3H3;2*3-4H2,1-2H3. The van der Waals surface area contributed by atoms with Crippen molar-refractivity contribution < 1.29 is 14.2 Å². The molecule has 108 valence electrons. The van der Waals surface area contributed by atoms with Gasteiger partial charge in [-0.25, -0.2) is 0 Å². The molecule has 17 heavy (non-hydrogen) atoms. The van der Waals surface area contributed by atoms with E-state index in [1.54, 1.807) is 21.3 Å². The second kappa shape index (κ2) is 24.9. The molecule has 3 nitrogen and oxygen atoms in total. The Morgan fingerprint density at radius 3 is 1.06 bits per heavy atom. The van der Waals surface area contributed by atoms with Gasteiger partial charge in [0.05, 0.1) is 6.10 Å². The monoisotopic (exact) mass is 250 g/mol. The quantitative estimate of drug-likeness (QED) is 0.685. The van der Waals surface area contributed by atoms with Gasteiger partial charge < -0.3 is 14.2 Å². The van der Waals surface area contributed by atoms with E-state index < -0.39 is 0 Å². The topological polar surface area (TPSA) is 27.7 Å². The maximum atomic E-state index is 5.05. The minimum absolute atomic E-state index is 0.486. The first-order chi connectivity index (χ1) is 8.17. The normalized spacial score (nSPS) is 9.18. The van der Waals surface area contributed by atoms with Crippen LogP contribution in [0.4, 0.5) is 0 Å². The van der Waals surface area contributed by atoms with Gasteiger partial charge in [-0.2, -0.15) is 0 Å². The number of rotatable bonds is 7. The van der Waals surface area contributed by atoms with Crippen LogP contribution < -0.4 is 0 Å². The molecule has 0 amide bonds. The predicted molar refractivity (Wildman–Crippen MR) is 75.7 cm³/mol. The van der Waals surface area contributed by atoms with Crippen LogP contribution >= 0.6 is 0 Å². The third-order valence-corrected chi connectivity index (χ3v) is 2.06. The zero-order chi connectivity index (χ0) is 13.9. The van der Waals surface area contributed by atoms with Crippen LogP contribution in [0.5, 0.6) is 0 Å². The molecule has 0 saturated heterocycles. The fourth-order valence-corrected chi connectivity index (χ4v) is 1.03. The molecule has 0 aromatic rings. The SMILES string of the molecule is CCC(CC)OC.CCCOC.CCCOC. The molecule has 0 bridgehead atoms. The molecule has 0 N–H and O–H groups in total. The first-order valence-electron chi connectivity index (χ1n) is 6.68. The van der Waals surface area contributed by atoms with Gasteiger partial charge in [0.25, 0.3) is 0 Å². The summed E-state index contributed by atoms with van der Waals surface area (Å²) < 4.78 is 14.4. The van der Waals surface area contributed by atoms with Gasteiger partial charge in [-0.1, -0.05) is 27.7 Å². The summed E-state index contributed by atoms with van der Waals surface area (Å²) in [6.07, 6.45) is 4.99. The van der Waals surface area contributed by atoms with E-state index in [9.17, 15) is 0 Å². The minimum atomic E-state index is 0.486. The number of hydrogen-bond acceptors (Lipinski definition) is 3. The smallest absolute Gasteiger partial charge is 0.0566 e. The average molecular weight is 250 g/mol. The Morgan fingerprint density at radius 2 is 1.06 bits per heavy atom. The molecule has 0 aromatic carbocycles. The van der Waals surface area contributed by atoms with E-state index in [4.69, 9.17) is 14.2 Å². The second-order valence-electron chi connectivity index (χ2n) is 3.66. The van der Waals surface area contributed by atoms with Gasteiger partial charge in [-0.05, 0) is 25.7 Å². The summed E-state index contributed by atoms with van der Waals surface area (Å²) in [5, 5.41) is 0. The van der Waals surface area contributed by atoms with Crippen molar-refractivity contribution >= 4 is 0 Å². The lowest BCUT2D eigenvalue weighted by molar-refractivity contribution is 0.0964. The van der Waals surface area contributed by atoms with Crippen molar-refractivity contribution in [2.24, 2.45) is 0 Å². The first kappa shape index (κ1) is 22.1. The van der Waals surface area contributed by atoms with Crippen LogP contribution in [0.2, 0.25) is 0 Å². The van der Waals surface area contributed by atoms with Crippen LogP contribution in [0.3, 0.4) is 0 Å². The summed E-state index contributed by atoms with van der Waals surface area (Å²) in [4.78, 5) is 0. The Hall–Kier alpha value is -0.120. The van der Waals surface area contributed by atoms with E-state index in [0.717, 1.165) is 38.9 Å².